The molecule has 0 bridgehead atoms. The van der Waals surface area contributed by atoms with Crippen LogP contribution in [0.1, 0.15) is 38.3 Å². The standard InChI is InChI=1S/C20H26N4O4S/c1-12-13(2)15(4)19(16(5)14(12)3)29(27,28)24-10-8-23(9-11-24)20(26)17-6-7-18(25)22-21-17/h6-7H,8-11H2,1-5H3,(H,22,25). The molecular weight excluding hydrogens is 392 g/mol. The van der Waals surface area contributed by atoms with Crippen LogP contribution >= 0.6 is 0 Å². The average Bonchev–Trinajstić information content (AvgIpc) is 2.71. The second kappa shape index (κ2) is 7.72. The minimum Gasteiger partial charge on any atom is -0.335 e. The maximum absolute atomic E-state index is 13.4. The Hall–Kier alpha value is -2.52. The normalized spacial score (nSPS) is 15.6. The van der Waals surface area contributed by atoms with E-state index < -0.39 is 10.0 Å². The number of H-pyrrole nitrogens is 1. The number of nitrogens with one attached hydrogen (secondary N) is 1. The Labute approximate surface area is 170 Å². The lowest BCUT2D eigenvalue weighted by atomic mass is 9.95. The van der Waals surface area contributed by atoms with Crippen molar-refractivity contribution < 1.29 is 13.2 Å². The monoisotopic (exact) mass is 418 g/mol. The van der Waals surface area contributed by atoms with E-state index in [1.165, 1.54) is 16.4 Å². The van der Waals surface area contributed by atoms with Gasteiger partial charge in [0.05, 0.1) is 4.90 Å². The summed E-state index contributed by atoms with van der Waals surface area (Å²) < 4.78 is 28.2. The summed E-state index contributed by atoms with van der Waals surface area (Å²) in [5.41, 5.74) is 4.41. The molecule has 1 aliphatic heterocycles. The number of hydrogen-bond acceptors (Lipinski definition) is 5. The third-order valence-corrected chi connectivity index (χ3v) is 8.13. The quantitative estimate of drug-likeness (QED) is 0.813. The number of carbonyl (C=O) groups excluding carboxylic acids is 1. The van der Waals surface area contributed by atoms with Gasteiger partial charge in [0.1, 0.15) is 5.69 Å². The van der Waals surface area contributed by atoms with Crippen molar-refractivity contribution in [2.45, 2.75) is 39.5 Å². The summed E-state index contributed by atoms with van der Waals surface area (Å²) in [6, 6.07) is 2.61. The van der Waals surface area contributed by atoms with Gasteiger partial charge in [-0.25, -0.2) is 13.5 Å². The van der Waals surface area contributed by atoms with Gasteiger partial charge in [0, 0.05) is 32.2 Å². The van der Waals surface area contributed by atoms with Crippen molar-refractivity contribution in [3.63, 3.8) is 0 Å². The van der Waals surface area contributed by atoms with E-state index in [0.717, 1.165) is 27.8 Å². The van der Waals surface area contributed by atoms with E-state index in [1.54, 1.807) is 4.90 Å². The zero-order valence-corrected chi connectivity index (χ0v) is 18.2. The molecule has 0 unspecified atom stereocenters. The minimum atomic E-state index is -3.67. The second-order valence-corrected chi connectivity index (χ2v) is 9.33. The van der Waals surface area contributed by atoms with Crippen LogP contribution in [0.15, 0.2) is 21.8 Å². The van der Waals surface area contributed by atoms with Crippen molar-refractivity contribution in [2.75, 3.05) is 26.2 Å². The molecular formula is C20H26N4O4S. The first-order chi connectivity index (χ1) is 13.6. The Morgan fingerprint density at radius 1 is 0.897 bits per heavy atom. The molecule has 0 spiro atoms. The van der Waals surface area contributed by atoms with E-state index in [9.17, 15) is 18.0 Å². The molecule has 0 saturated carbocycles. The molecule has 0 radical (unpaired) electrons. The van der Waals surface area contributed by atoms with Crippen LogP contribution in [0.25, 0.3) is 0 Å². The maximum atomic E-state index is 13.4. The van der Waals surface area contributed by atoms with Crippen molar-refractivity contribution in [3.05, 3.63) is 56.0 Å². The van der Waals surface area contributed by atoms with Crippen LogP contribution in [0.4, 0.5) is 0 Å². The fourth-order valence-electron chi connectivity index (χ4n) is 3.74. The molecule has 1 aromatic carbocycles. The molecule has 1 N–H and O–H groups in total. The molecule has 8 nitrogen and oxygen atoms in total. The number of nitrogens with zero attached hydrogens (tertiary/aromatic N) is 3. The fourth-order valence-corrected chi connectivity index (χ4v) is 5.72. The Kier molecular flexibility index (Phi) is 5.64. The lowest BCUT2D eigenvalue weighted by Gasteiger charge is -2.34. The van der Waals surface area contributed by atoms with Crippen LogP contribution in [0, 0.1) is 34.6 Å². The highest BCUT2D eigenvalue weighted by atomic mass is 32.2. The molecule has 0 atom stereocenters. The fraction of sp³-hybridized carbons (Fsp3) is 0.450. The predicted octanol–water partition coefficient (Wildman–Crippen LogP) is 1.46. The molecule has 29 heavy (non-hydrogen) atoms. The third kappa shape index (κ3) is 3.72. The molecule has 2 aromatic rings. The predicted molar refractivity (Wildman–Crippen MR) is 110 cm³/mol. The Bertz CT molecular complexity index is 1080. The first-order valence-corrected chi connectivity index (χ1v) is 10.9. The molecule has 1 saturated heterocycles. The van der Waals surface area contributed by atoms with Gasteiger partial charge in [-0.1, -0.05) is 0 Å². The Balaban J connectivity index is 1.83. The number of benzene rings is 1. The molecule has 1 aliphatic rings. The van der Waals surface area contributed by atoms with Crippen LogP contribution in [-0.2, 0) is 10.0 Å². The van der Waals surface area contributed by atoms with Crippen LogP contribution < -0.4 is 5.56 Å². The van der Waals surface area contributed by atoms with E-state index in [0.29, 0.717) is 4.90 Å². The van der Waals surface area contributed by atoms with Gasteiger partial charge in [-0.05, 0) is 68.5 Å². The van der Waals surface area contributed by atoms with Crippen molar-refractivity contribution in [1.29, 1.82) is 0 Å². The van der Waals surface area contributed by atoms with Crippen molar-refractivity contribution in [2.24, 2.45) is 0 Å². The summed E-state index contributed by atoms with van der Waals surface area (Å²) in [6.07, 6.45) is 0. The average molecular weight is 419 g/mol. The number of amides is 1. The van der Waals surface area contributed by atoms with E-state index in [4.69, 9.17) is 0 Å². The smallest absolute Gasteiger partial charge is 0.274 e. The summed E-state index contributed by atoms with van der Waals surface area (Å²) in [7, 11) is -3.67. The summed E-state index contributed by atoms with van der Waals surface area (Å²) in [5.74, 6) is -0.326. The van der Waals surface area contributed by atoms with Gasteiger partial charge in [-0.3, -0.25) is 9.59 Å². The second-order valence-electron chi connectivity index (χ2n) is 7.46. The third-order valence-electron chi connectivity index (χ3n) is 5.95. The van der Waals surface area contributed by atoms with E-state index in [1.807, 2.05) is 34.6 Å². The van der Waals surface area contributed by atoms with Crippen LogP contribution in [0.5, 0.6) is 0 Å². The molecule has 156 valence electrons. The highest BCUT2D eigenvalue weighted by molar-refractivity contribution is 7.89. The number of aromatic nitrogens is 2. The summed E-state index contributed by atoms with van der Waals surface area (Å²) >= 11 is 0. The molecule has 9 heteroatoms. The molecule has 1 fully saturated rings. The van der Waals surface area contributed by atoms with Gasteiger partial charge in [-0.15, -0.1) is 0 Å². The highest BCUT2D eigenvalue weighted by Gasteiger charge is 2.33. The van der Waals surface area contributed by atoms with Gasteiger partial charge < -0.3 is 4.90 Å². The number of sulfonamides is 1. The van der Waals surface area contributed by atoms with E-state index in [-0.39, 0.29) is 43.3 Å². The van der Waals surface area contributed by atoms with Crippen LogP contribution in [0.3, 0.4) is 0 Å². The SMILES string of the molecule is Cc1c(C)c(C)c(S(=O)(=O)N2CCN(C(=O)c3ccc(=O)[nH]n3)CC2)c(C)c1C. The Morgan fingerprint density at radius 2 is 1.41 bits per heavy atom. The minimum absolute atomic E-state index is 0.136. The molecule has 0 aliphatic carbocycles. The van der Waals surface area contributed by atoms with Gasteiger partial charge in [0.25, 0.3) is 11.5 Å². The van der Waals surface area contributed by atoms with Crippen molar-refractivity contribution >= 4 is 15.9 Å². The topological polar surface area (TPSA) is 103 Å². The van der Waals surface area contributed by atoms with Crippen LogP contribution in [0.2, 0.25) is 0 Å². The van der Waals surface area contributed by atoms with Crippen molar-refractivity contribution in [1.82, 2.24) is 19.4 Å². The molecule has 1 aromatic heterocycles. The number of aromatic amines is 1. The number of hydrogen-bond donors (Lipinski definition) is 1. The lowest BCUT2D eigenvalue weighted by Crippen LogP contribution is -2.51. The maximum Gasteiger partial charge on any atom is 0.274 e. The Morgan fingerprint density at radius 3 is 1.90 bits per heavy atom. The zero-order chi connectivity index (χ0) is 21.5. The number of piperazine rings is 1. The molecule has 2 heterocycles. The summed E-state index contributed by atoms with van der Waals surface area (Å²) in [4.78, 5) is 25.6. The number of carbonyl (C=O) groups is 1. The van der Waals surface area contributed by atoms with E-state index in [2.05, 4.69) is 10.2 Å². The molecule has 1 amide bonds. The lowest BCUT2D eigenvalue weighted by molar-refractivity contribution is 0.0690. The van der Waals surface area contributed by atoms with E-state index >= 15 is 0 Å². The van der Waals surface area contributed by atoms with Crippen LogP contribution in [-0.4, -0.2) is 59.9 Å². The summed E-state index contributed by atoms with van der Waals surface area (Å²) in [5, 5.41) is 6.00. The zero-order valence-electron chi connectivity index (χ0n) is 17.4. The van der Waals surface area contributed by atoms with Gasteiger partial charge in [0.15, 0.2) is 0 Å². The first kappa shape index (κ1) is 21.2. The first-order valence-electron chi connectivity index (χ1n) is 9.47. The molecule has 3 rings (SSSR count). The number of rotatable bonds is 3. The van der Waals surface area contributed by atoms with Gasteiger partial charge in [0.2, 0.25) is 10.0 Å². The summed E-state index contributed by atoms with van der Waals surface area (Å²) in [6.45, 7) is 10.6. The highest BCUT2D eigenvalue weighted by Crippen LogP contribution is 2.32. The van der Waals surface area contributed by atoms with Gasteiger partial charge >= 0.3 is 0 Å². The van der Waals surface area contributed by atoms with Crippen molar-refractivity contribution in [3.8, 4) is 0 Å². The largest absolute Gasteiger partial charge is 0.335 e. The van der Waals surface area contributed by atoms with Gasteiger partial charge in [-0.2, -0.15) is 9.40 Å².